The number of benzene rings is 5. The number of carbonyl (C=O) groups is 4. The summed E-state index contributed by atoms with van der Waals surface area (Å²) in [5.41, 5.74) is -11.4. The van der Waals surface area contributed by atoms with Gasteiger partial charge in [-0.2, -0.15) is 26.3 Å². The third-order valence-corrected chi connectivity index (χ3v) is 10.2. The highest BCUT2D eigenvalue weighted by Crippen LogP contribution is 2.47. The van der Waals surface area contributed by atoms with Crippen LogP contribution < -0.4 is 14.4 Å². The maximum Gasteiger partial charge on any atom is 0.269 e. The summed E-state index contributed by atoms with van der Waals surface area (Å²) in [5, 5.41) is 0. The van der Waals surface area contributed by atoms with Gasteiger partial charge in [-0.15, -0.1) is 0 Å². The van der Waals surface area contributed by atoms with Crippen LogP contribution in [0.15, 0.2) is 9.79 Å². The second-order valence-electron chi connectivity index (χ2n) is 12.5. The number of imide groups is 2. The molecular weight excluding hydrogens is 930 g/mol. The number of hydrogen-bond donors (Lipinski definition) is 0. The van der Waals surface area contributed by atoms with Gasteiger partial charge >= 0.3 is 0 Å². The second kappa shape index (κ2) is 14.9. The van der Waals surface area contributed by atoms with Gasteiger partial charge in [0.25, 0.3) is 23.6 Å². The smallest absolute Gasteiger partial charge is 0.269 e. The summed E-state index contributed by atoms with van der Waals surface area (Å²) < 4.78 is 278. The quantitative estimate of drug-likeness (QED) is 0.0912. The van der Waals surface area contributed by atoms with Gasteiger partial charge in [-0.05, 0) is 6.92 Å². The molecule has 4 amide bonds. The molecule has 0 saturated heterocycles. The van der Waals surface area contributed by atoms with E-state index < -0.39 is 211 Å². The first-order chi connectivity index (χ1) is 29.3. The molecule has 0 spiro atoms. The fourth-order valence-corrected chi connectivity index (χ4v) is 6.90. The Hall–Kier alpha value is -6.93. The fourth-order valence-electron chi connectivity index (χ4n) is 5.98. The van der Waals surface area contributed by atoms with E-state index in [-0.39, 0.29) is 4.90 Å². The van der Waals surface area contributed by atoms with Crippen LogP contribution in [-0.4, -0.2) is 35.6 Å². The number of amides is 4. The predicted molar refractivity (Wildman–Crippen MR) is 168 cm³/mol. The molecule has 2 aliphatic rings. The lowest BCUT2D eigenvalue weighted by Gasteiger charge is -2.18. The van der Waals surface area contributed by atoms with Crippen molar-refractivity contribution in [2.75, 3.05) is 11.9 Å². The van der Waals surface area contributed by atoms with Crippen LogP contribution in [0.4, 0.5) is 84.7 Å². The van der Waals surface area contributed by atoms with Crippen LogP contribution in [0.3, 0.4) is 0 Å². The Morgan fingerprint density at radius 2 is 0.619 bits per heavy atom. The van der Waals surface area contributed by atoms with Crippen LogP contribution in [0, 0.1) is 112 Å². The molecular formula is C36H6F18N2O6S. The minimum atomic E-state index is -3.00. The number of ether oxygens (including phenoxy) is 2. The van der Waals surface area contributed by atoms with E-state index in [0.717, 1.165) is 0 Å². The molecule has 0 radical (unpaired) electrons. The molecule has 0 aliphatic carbocycles. The fraction of sp³-hybridized carbons (Fsp3) is 0.0556. The molecule has 0 atom stereocenters. The van der Waals surface area contributed by atoms with Crippen molar-refractivity contribution in [2.45, 2.75) is 16.7 Å². The highest BCUT2D eigenvalue weighted by molar-refractivity contribution is 7.99. The molecule has 2 aliphatic heterocycles. The molecule has 2 heterocycles. The Balaban J connectivity index is 1.28. The topological polar surface area (TPSA) is 93.2 Å². The summed E-state index contributed by atoms with van der Waals surface area (Å²) in [6, 6.07) is 0. The molecule has 5 aromatic rings. The third-order valence-electron chi connectivity index (χ3n) is 9.09. The van der Waals surface area contributed by atoms with Gasteiger partial charge in [0.15, 0.2) is 69.8 Å². The summed E-state index contributed by atoms with van der Waals surface area (Å²) in [7, 11) is 0.660. The Kier molecular flexibility index (Phi) is 10.4. The molecule has 328 valence electrons. The van der Waals surface area contributed by atoms with Crippen molar-refractivity contribution in [3.63, 3.8) is 0 Å². The van der Waals surface area contributed by atoms with E-state index in [1.807, 2.05) is 0 Å². The highest BCUT2D eigenvalue weighted by Gasteiger charge is 2.49. The normalized spacial score (nSPS) is 13.5. The number of anilines is 1. The number of nitrogens with zero attached hydrogens (tertiary/aromatic N) is 2. The molecule has 27 heteroatoms. The largest absolute Gasteiger partial charge is 0.445 e. The van der Waals surface area contributed by atoms with Gasteiger partial charge in [0.05, 0.1) is 32.0 Å². The standard InChI is InChI=1S/C36H6F18N2O6S/c1-3-8(37)22(51)31(23(52)9(3)38)63-32-24(53)14(43)26(15(44)25(32)54)56-35(59)5-7(36(56)60)13(42)28(17(46)11(5)40)62-30-20(49)18(47)29(19(48)21(30)50)61-27-12(41)6-4(10(39)16(27)45)33(57)55(2)34(6)58/h1-2H3. The van der Waals surface area contributed by atoms with Crippen LogP contribution in [0.2, 0.25) is 0 Å². The van der Waals surface area contributed by atoms with Crippen LogP contribution in [0.5, 0.6) is 23.0 Å². The first-order valence-corrected chi connectivity index (χ1v) is 16.8. The lowest BCUT2D eigenvalue weighted by molar-refractivity contribution is 0.0689. The number of rotatable bonds is 7. The zero-order valence-corrected chi connectivity index (χ0v) is 30.4. The van der Waals surface area contributed by atoms with E-state index in [1.165, 1.54) is 0 Å². The van der Waals surface area contributed by atoms with E-state index in [0.29, 0.717) is 14.0 Å². The molecule has 0 fully saturated rings. The average molecular weight is 936 g/mol. The first-order valence-electron chi connectivity index (χ1n) is 16.0. The van der Waals surface area contributed by atoms with Gasteiger partial charge in [0.1, 0.15) is 5.69 Å². The highest BCUT2D eigenvalue weighted by atomic mass is 32.2. The van der Waals surface area contributed by atoms with E-state index >= 15 is 52.7 Å². The SMILES string of the molecule is Cc1c(F)c(F)c(Sc2c(F)c(F)c(N3C(=O)c4c(F)c(F)c(Oc5c(F)c(F)c(Oc6c(F)c(F)c7c(c6F)C(=O)N(C)C7=O)c(F)c5F)c(F)c4C3=O)c(F)c2F)c(F)c1F. The maximum atomic E-state index is 15.8. The summed E-state index contributed by atoms with van der Waals surface area (Å²) in [6.45, 7) is 0.520. The van der Waals surface area contributed by atoms with Crippen molar-refractivity contribution >= 4 is 41.1 Å². The lowest BCUT2D eigenvalue weighted by atomic mass is 10.1. The van der Waals surface area contributed by atoms with Gasteiger partial charge < -0.3 is 9.47 Å². The molecule has 63 heavy (non-hydrogen) atoms. The first kappa shape index (κ1) is 44.1. The van der Waals surface area contributed by atoms with Gasteiger partial charge in [0.2, 0.25) is 57.9 Å². The molecule has 8 nitrogen and oxygen atoms in total. The number of halogens is 18. The molecule has 0 aromatic heterocycles. The molecule has 5 aromatic carbocycles. The van der Waals surface area contributed by atoms with Crippen molar-refractivity contribution in [2.24, 2.45) is 0 Å². The summed E-state index contributed by atoms with van der Waals surface area (Å²) in [4.78, 5) is 45.4. The van der Waals surface area contributed by atoms with E-state index in [4.69, 9.17) is 0 Å². The van der Waals surface area contributed by atoms with Gasteiger partial charge in [-0.3, -0.25) is 24.1 Å². The third kappa shape index (κ3) is 5.98. The summed E-state index contributed by atoms with van der Waals surface area (Å²) in [5.74, 6) is -66.6. The Morgan fingerprint density at radius 3 is 0.984 bits per heavy atom. The van der Waals surface area contributed by atoms with Crippen molar-refractivity contribution in [3.8, 4) is 23.0 Å². The van der Waals surface area contributed by atoms with Crippen molar-refractivity contribution in [3.05, 3.63) is 133 Å². The number of fused-ring (bicyclic) bond motifs is 2. The minimum Gasteiger partial charge on any atom is -0.445 e. The van der Waals surface area contributed by atoms with E-state index in [2.05, 4.69) is 9.47 Å². The van der Waals surface area contributed by atoms with E-state index in [1.54, 1.807) is 0 Å². The lowest BCUT2D eigenvalue weighted by Crippen LogP contribution is -2.32. The number of carbonyl (C=O) groups excluding carboxylic acids is 4. The van der Waals surface area contributed by atoms with Crippen LogP contribution in [-0.2, 0) is 0 Å². The van der Waals surface area contributed by atoms with Crippen molar-refractivity contribution < 1.29 is 108 Å². The Labute approximate surface area is 337 Å². The predicted octanol–water partition coefficient (Wildman–Crippen LogP) is 10.3. The molecule has 0 saturated carbocycles. The van der Waals surface area contributed by atoms with Crippen molar-refractivity contribution in [1.29, 1.82) is 0 Å². The zero-order valence-electron chi connectivity index (χ0n) is 29.6. The molecule has 7 rings (SSSR count). The Bertz CT molecular complexity index is 2970. The van der Waals surface area contributed by atoms with Gasteiger partial charge in [0, 0.05) is 12.6 Å². The van der Waals surface area contributed by atoms with Crippen LogP contribution in [0.1, 0.15) is 47.0 Å². The average Bonchev–Trinajstić information content (AvgIpc) is 3.64. The number of hydrogen-bond acceptors (Lipinski definition) is 7. The van der Waals surface area contributed by atoms with Gasteiger partial charge in [-0.1, -0.05) is 11.8 Å². The monoisotopic (exact) mass is 936 g/mol. The minimum absolute atomic E-state index is 0.0537. The second-order valence-corrected chi connectivity index (χ2v) is 13.5. The zero-order chi connectivity index (χ0) is 46.9. The van der Waals surface area contributed by atoms with Crippen molar-refractivity contribution in [1.82, 2.24) is 4.90 Å². The summed E-state index contributed by atoms with van der Waals surface area (Å²) in [6.07, 6.45) is 0. The molecule has 0 N–H and O–H groups in total. The van der Waals surface area contributed by atoms with Crippen LogP contribution >= 0.6 is 11.8 Å². The van der Waals surface area contributed by atoms with Gasteiger partial charge in [-0.25, -0.2) is 57.6 Å². The maximum absolute atomic E-state index is 15.8. The van der Waals surface area contributed by atoms with Crippen LogP contribution in [0.25, 0.3) is 0 Å². The Morgan fingerprint density at radius 1 is 0.349 bits per heavy atom. The molecule has 0 unspecified atom stereocenters. The molecule has 0 bridgehead atoms. The van der Waals surface area contributed by atoms with E-state index in [9.17, 15) is 45.5 Å². The summed E-state index contributed by atoms with van der Waals surface area (Å²) >= 11 is -1.01.